The molecular weight excluding hydrogens is 341 g/mol. The van der Waals surface area contributed by atoms with Gasteiger partial charge in [0.15, 0.2) is 12.6 Å². The number of aldehydes is 1. The van der Waals surface area contributed by atoms with Crippen LogP contribution < -0.4 is 4.74 Å². The maximum atomic E-state index is 12.4. The summed E-state index contributed by atoms with van der Waals surface area (Å²) in [5.41, 5.74) is 0.230. The summed E-state index contributed by atoms with van der Waals surface area (Å²) in [7, 11) is 0. The van der Waals surface area contributed by atoms with Crippen LogP contribution in [0.2, 0.25) is 0 Å². The van der Waals surface area contributed by atoms with Crippen LogP contribution in [0.1, 0.15) is 35.4 Å². The zero-order chi connectivity index (χ0) is 17.9. The van der Waals surface area contributed by atoms with E-state index in [1.54, 1.807) is 6.07 Å². The Kier molecular flexibility index (Phi) is 5.29. The summed E-state index contributed by atoms with van der Waals surface area (Å²) >= 11 is 0. The number of hydrogen-bond acceptors (Lipinski definition) is 5. The lowest BCUT2D eigenvalue weighted by Gasteiger charge is -2.22. The average molecular weight is 358 g/mol. The van der Waals surface area contributed by atoms with Crippen molar-refractivity contribution < 1.29 is 36.6 Å². The lowest BCUT2D eigenvalue weighted by molar-refractivity contribution is -0.274. The Balaban J connectivity index is 1.70. The van der Waals surface area contributed by atoms with E-state index in [1.807, 2.05) is 0 Å². The SMILES string of the molecule is O=Cc1cc(OC(F)(F)F)cc2cc(CCOC3CCCCO3)oc12. The number of benzene rings is 1. The maximum Gasteiger partial charge on any atom is 0.573 e. The van der Waals surface area contributed by atoms with Gasteiger partial charge in [0.2, 0.25) is 0 Å². The standard InChI is InChI=1S/C17H17F3O5/c18-17(19,20)25-14-8-11-7-13(24-16(11)12(9-14)10-21)4-6-23-15-3-1-2-5-22-15/h7-10,15H,1-6H2. The molecule has 1 fully saturated rings. The van der Waals surface area contributed by atoms with Crippen molar-refractivity contribution in [1.29, 1.82) is 0 Å². The number of carbonyl (C=O) groups excluding carboxylic acids is 1. The average Bonchev–Trinajstić information content (AvgIpc) is 2.96. The van der Waals surface area contributed by atoms with Crippen molar-refractivity contribution in [2.24, 2.45) is 0 Å². The van der Waals surface area contributed by atoms with Crippen LogP contribution in [0.25, 0.3) is 11.0 Å². The highest BCUT2D eigenvalue weighted by atomic mass is 19.4. The molecule has 1 aliphatic heterocycles. The fourth-order valence-electron chi connectivity index (χ4n) is 2.74. The van der Waals surface area contributed by atoms with Gasteiger partial charge in [0, 0.05) is 18.4 Å². The third-order valence-electron chi connectivity index (χ3n) is 3.82. The smallest absolute Gasteiger partial charge is 0.460 e. The Bertz CT molecular complexity index is 732. The minimum Gasteiger partial charge on any atom is -0.460 e. The van der Waals surface area contributed by atoms with Gasteiger partial charge in [-0.25, -0.2) is 0 Å². The van der Waals surface area contributed by atoms with Crippen LogP contribution in [-0.2, 0) is 15.9 Å². The molecule has 0 bridgehead atoms. The number of halogens is 3. The second-order valence-electron chi connectivity index (χ2n) is 5.73. The quantitative estimate of drug-likeness (QED) is 0.724. The fourth-order valence-corrected chi connectivity index (χ4v) is 2.74. The van der Waals surface area contributed by atoms with E-state index in [0.29, 0.717) is 37.1 Å². The van der Waals surface area contributed by atoms with Crippen molar-refractivity contribution >= 4 is 17.3 Å². The molecule has 0 aliphatic carbocycles. The molecule has 3 rings (SSSR count). The van der Waals surface area contributed by atoms with Crippen LogP contribution in [-0.4, -0.2) is 32.2 Å². The predicted molar refractivity (Wildman–Crippen MR) is 81.5 cm³/mol. The first-order valence-electron chi connectivity index (χ1n) is 7.95. The monoisotopic (exact) mass is 358 g/mol. The lowest BCUT2D eigenvalue weighted by atomic mass is 10.1. The van der Waals surface area contributed by atoms with Crippen molar-refractivity contribution in [3.63, 3.8) is 0 Å². The lowest BCUT2D eigenvalue weighted by Crippen LogP contribution is -2.23. The molecule has 0 N–H and O–H groups in total. The third-order valence-corrected chi connectivity index (χ3v) is 3.82. The van der Waals surface area contributed by atoms with Gasteiger partial charge in [0.25, 0.3) is 0 Å². The van der Waals surface area contributed by atoms with Crippen LogP contribution >= 0.6 is 0 Å². The molecule has 8 heteroatoms. The molecule has 136 valence electrons. The number of furan rings is 1. The van der Waals surface area contributed by atoms with E-state index in [1.165, 1.54) is 6.07 Å². The summed E-state index contributed by atoms with van der Waals surface area (Å²) in [5, 5.41) is 0.368. The third kappa shape index (κ3) is 4.73. The Hall–Kier alpha value is -2.06. The molecule has 1 aliphatic rings. The zero-order valence-corrected chi connectivity index (χ0v) is 13.3. The van der Waals surface area contributed by atoms with Gasteiger partial charge in [0.05, 0.1) is 12.2 Å². The second-order valence-corrected chi connectivity index (χ2v) is 5.73. The van der Waals surface area contributed by atoms with Gasteiger partial charge in [-0.3, -0.25) is 4.79 Å². The number of hydrogen-bond donors (Lipinski definition) is 0. The number of carbonyl (C=O) groups is 1. The van der Waals surface area contributed by atoms with Gasteiger partial charge < -0.3 is 18.6 Å². The van der Waals surface area contributed by atoms with Crippen molar-refractivity contribution in [3.05, 3.63) is 29.5 Å². The first kappa shape index (κ1) is 17.8. The minimum atomic E-state index is -4.83. The highest BCUT2D eigenvalue weighted by molar-refractivity contribution is 5.96. The first-order chi connectivity index (χ1) is 11.9. The maximum absolute atomic E-state index is 12.4. The highest BCUT2D eigenvalue weighted by Gasteiger charge is 2.31. The predicted octanol–water partition coefficient (Wildman–Crippen LogP) is 4.23. The van der Waals surface area contributed by atoms with Crippen molar-refractivity contribution in [1.82, 2.24) is 0 Å². The molecule has 1 saturated heterocycles. The van der Waals surface area contributed by atoms with E-state index in [9.17, 15) is 18.0 Å². The highest BCUT2D eigenvalue weighted by Crippen LogP contribution is 2.31. The summed E-state index contributed by atoms with van der Waals surface area (Å²) < 4.78 is 57.6. The fraction of sp³-hybridized carbons (Fsp3) is 0.471. The molecular formula is C17H17F3O5. The second kappa shape index (κ2) is 7.45. The number of alkyl halides is 3. The molecule has 2 heterocycles. The molecule has 0 radical (unpaired) electrons. The topological polar surface area (TPSA) is 57.9 Å². The van der Waals surface area contributed by atoms with Gasteiger partial charge in [-0.05, 0) is 37.5 Å². The Labute approximate surface area is 141 Å². The molecule has 0 amide bonds. The summed E-state index contributed by atoms with van der Waals surface area (Å²) in [5.74, 6) is 0.0550. The molecule has 25 heavy (non-hydrogen) atoms. The molecule has 1 aromatic carbocycles. The van der Waals surface area contributed by atoms with Crippen LogP contribution in [0.5, 0.6) is 5.75 Å². The largest absolute Gasteiger partial charge is 0.573 e. The zero-order valence-electron chi connectivity index (χ0n) is 13.3. The van der Waals surface area contributed by atoms with Crippen LogP contribution in [0.4, 0.5) is 13.2 Å². The number of fused-ring (bicyclic) bond motifs is 1. The van der Waals surface area contributed by atoms with Gasteiger partial charge in [-0.15, -0.1) is 13.2 Å². The van der Waals surface area contributed by atoms with E-state index in [-0.39, 0.29) is 17.4 Å². The summed E-state index contributed by atoms with van der Waals surface area (Å²) in [6.45, 7) is 1.03. The van der Waals surface area contributed by atoms with E-state index in [4.69, 9.17) is 13.9 Å². The van der Waals surface area contributed by atoms with Crippen molar-refractivity contribution in [3.8, 4) is 5.75 Å². The normalized spacial score (nSPS) is 18.4. The minimum absolute atomic E-state index is 0.000433. The number of rotatable bonds is 6. The molecule has 1 atom stereocenters. The molecule has 1 unspecified atom stereocenters. The summed E-state index contributed by atoms with van der Waals surface area (Å²) in [6, 6.07) is 3.77. The summed E-state index contributed by atoms with van der Waals surface area (Å²) in [4.78, 5) is 11.1. The Morgan fingerprint density at radius 2 is 2.08 bits per heavy atom. The van der Waals surface area contributed by atoms with Gasteiger partial charge in [-0.1, -0.05) is 0 Å². The van der Waals surface area contributed by atoms with Crippen LogP contribution in [0.15, 0.2) is 22.6 Å². The van der Waals surface area contributed by atoms with E-state index in [0.717, 1.165) is 25.3 Å². The van der Waals surface area contributed by atoms with E-state index < -0.39 is 12.1 Å². The van der Waals surface area contributed by atoms with Gasteiger partial charge in [-0.2, -0.15) is 0 Å². The van der Waals surface area contributed by atoms with Crippen LogP contribution in [0.3, 0.4) is 0 Å². The van der Waals surface area contributed by atoms with Crippen LogP contribution in [0, 0.1) is 0 Å². The molecule has 5 nitrogen and oxygen atoms in total. The summed E-state index contributed by atoms with van der Waals surface area (Å²) in [6.07, 6.45) is -1.27. The molecule has 1 aromatic heterocycles. The Morgan fingerprint density at radius 1 is 1.24 bits per heavy atom. The van der Waals surface area contributed by atoms with E-state index in [2.05, 4.69) is 4.74 Å². The van der Waals surface area contributed by atoms with Gasteiger partial charge >= 0.3 is 6.36 Å². The first-order valence-corrected chi connectivity index (χ1v) is 7.95. The molecule has 2 aromatic rings. The Morgan fingerprint density at radius 3 is 2.76 bits per heavy atom. The number of ether oxygens (including phenoxy) is 3. The van der Waals surface area contributed by atoms with Crippen molar-refractivity contribution in [2.75, 3.05) is 13.2 Å². The van der Waals surface area contributed by atoms with Gasteiger partial charge in [0.1, 0.15) is 17.1 Å². The van der Waals surface area contributed by atoms with E-state index >= 15 is 0 Å². The van der Waals surface area contributed by atoms with Crippen molar-refractivity contribution in [2.45, 2.75) is 38.3 Å². The molecule has 0 saturated carbocycles. The molecule has 0 spiro atoms.